The van der Waals surface area contributed by atoms with Crippen molar-refractivity contribution in [3.63, 3.8) is 0 Å². The van der Waals surface area contributed by atoms with Gasteiger partial charge in [0.25, 0.3) is 0 Å². The highest BCUT2D eigenvalue weighted by molar-refractivity contribution is 9.10. The van der Waals surface area contributed by atoms with Gasteiger partial charge in [-0.05, 0) is 54.4 Å². The number of benzene rings is 1. The van der Waals surface area contributed by atoms with Gasteiger partial charge in [-0.2, -0.15) is 0 Å². The van der Waals surface area contributed by atoms with E-state index in [1.54, 1.807) is 0 Å². The monoisotopic (exact) mass is 505 g/mol. The first-order valence-electron chi connectivity index (χ1n) is 11.3. The number of hydrogen-bond acceptors (Lipinski definition) is 4. The number of nitrogens with zero attached hydrogens (tertiary/aromatic N) is 1. The van der Waals surface area contributed by atoms with Crippen LogP contribution in [0.25, 0.3) is 5.57 Å². The van der Waals surface area contributed by atoms with E-state index in [1.165, 1.54) is 12.7 Å². The predicted molar refractivity (Wildman–Crippen MR) is 133 cm³/mol. The molecular weight excluding hydrogens is 470 g/mol. The molecule has 0 radical (unpaired) electrons. The van der Waals surface area contributed by atoms with E-state index in [-0.39, 0.29) is 17.9 Å². The Bertz CT molecular complexity index is 835. The van der Waals surface area contributed by atoms with Gasteiger partial charge in [-0.25, -0.2) is 4.79 Å². The van der Waals surface area contributed by atoms with Crippen molar-refractivity contribution < 1.29 is 14.3 Å². The van der Waals surface area contributed by atoms with Crippen molar-refractivity contribution in [3.05, 3.63) is 52.8 Å². The summed E-state index contributed by atoms with van der Waals surface area (Å²) in [6.45, 7) is 13.1. The van der Waals surface area contributed by atoms with Crippen LogP contribution in [0.5, 0.6) is 0 Å². The number of alkyl carbamates (subject to hydrolysis) is 1. The van der Waals surface area contributed by atoms with Crippen LogP contribution in [0.2, 0.25) is 0 Å². The zero-order chi connectivity index (χ0) is 23.8. The van der Waals surface area contributed by atoms with E-state index in [0.717, 1.165) is 35.0 Å². The molecule has 1 aromatic carbocycles. The van der Waals surface area contributed by atoms with Crippen molar-refractivity contribution in [3.8, 4) is 0 Å². The van der Waals surface area contributed by atoms with Crippen molar-refractivity contribution in [2.45, 2.75) is 59.0 Å². The van der Waals surface area contributed by atoms with Crippen molar-refractivity contribution in [1.82, 2.24) is 15.5 Å². The fourth-order valence-electron chi connectivity index (χ4n) is 3.91. The van der Waals surface area contributed by atoms with Gasteiger partial charge >= 0.3 is 6.09 Å². The van der Waals surface area contributed by atoms with Crippen molar-refractivity contribution >= 4 is 33.5 Å². The van der Waals surface area contributed by atoms with Crippen LogP contribution in [0.3, 0.4) is 0 Å². The average molecular weight is 506 g/mol. The molecule has 0 saturated carbocycles. The molecule has 1 aromatic rings. The molecule has 1 heterocycles. The number of likely N-dealkylation sites (tertiary alicyclic amines) is 1. The summed E-state index contributed by atoms with van der Waals surface area (Å²) in [5.74, 6) is 0.209. The molecule has 0 bridgehead atoms. The minimum atomic E-state index is -0.634. The molecule has 1 aliphatic heterocycles. The molecule has 6 nitrogen and oxygen atoms in total. The lowest BCUT2D eigenvalue weighted by Gasteiger charge is -2.31. The summed E-state index contributed by atoms with van der Waals surface area (Å²) in [6.07, 6.45) is 4.17. The molecule has 176 valence electrons. The maximum Gasteiger partial charge on any atom is 0.407 e. The average Bonchev–Trinajstić information content (AvgIpc) is 3.27. The number of carbonyl (C=O) groups excluding carboxylic acids is 2. The molecule has 0 aromatic heterocycles. The molecule has 1 aliphatic rings. The van der Waals surface area contributed by atoms with E-state index in [1.807, 2.05) is 37.1 Å². The molecule has 1 saturated heterocycles. The molecular formula is C25H36BrN3O3. The van der Waals surface area contributed by atoms with Crippen LogP contribution in [-0.2, 0) is 9.53 Å². The Morgan fingerprint density at radius 3 is 2.50 bits per heavy atom. The minimum Gasteiger partial charge on any atom is -0.453 e. The van der Waals surface area contributed by atoms with Crippen LogP contribution < -0.4 is 10.6 Å². The van der Waals surface area contributed by atoms with Gasteiger partial charge in [0.1, 0.15) is 6.04 Å². The van der Waals surface area contributed by atoms with Gasteiger partial charge < -0.3 is 20.3 Å². The lowest BCUT2D eigenvalue weighted by molar-refractivity contribution is -0.134. The second-order valence-electron chi connectivity index (χ2n) is 8.63. The first kappa shape index (κ1) is 26.0. The summed E-state index contributed by atoms with van der Waals surface area (Å²) < 4.78 is 5.75. The van der Waals surface area contributed by atoms with Gasteiger partial charge in [0.2, 0.25) is 5.91 Å². The quantitative estimate of drug-likeness (QED) is 0.476. The molecule has 32 heavy (non-hydrogen) atoms. The van der Waals surface area contributed by atoms with Crippen molar-refractivity contribution in [2.24, 2.45) is 11.8 Å². The fourth-order valence-corrected chi connectivity index (χ4v) is 4.17. The second kappa shape index (κ2) is 12.1. The summed E-state index contributed by atoms with van der Waals surface area (Å²) in [5, 5.41) is 6.07. The number of ether oxygens (including phenoxy) is 1. The van der Waals surface area contributed by atoms with Gasteiger partial charge in [0.15, 0.2) is 0 Å². The molecule has 7 heteroatoms. The third kappa shape index (κ3) is 6.61. The Kier molecular flexibility index (Phi) is 9.82. The number of halogens is 1. The molecule has 0 spiro atoms. The van der Waals surface area contributed by atoms with Crippen LogP contribution in [-0.4, -0.2) is 42.6 Å². The SMILES string of the molecule is C=C(N/C=C(/c1ccc(Br)cc1)C(C)CC)C1CCCN1C(=O)C(NC(=O)OC)C(C)C. The van der Waals surface area contributed by atoms with Gasteiger partial charge in [0, 0.05) is 22.9 Å². The van der Waals surface area contributed by atoms with Crippen molar-refractivity contribution in [1.29, 1.82) is 0 Å². The summed E-state index contributed by atoms with van der Waals surface area (Å²) in [7, 11) is 1.30. The largest absolute Gasteiger partial charge is 0.453 e. The zero-order valence-electron chi connectivity index (χ0n) is 19.8. The highest BCUT2D eigenvalue weighted by atomic mass is 79.9. The van der Waals surface area contributed by atoms with E-state index in [4.69, 9.17) is 4.74 Å². The molecule has 1 fully saturated rings. The minimum absolute atomic E-state index is 0.0571. The Morgan fingerprint density at radius 2 is 1.94 bits per heavy atom. The van der Waals surface area contributed by atoms with Crippen LogP contribution in [0.15, 0.2) is 47.2 Å². The van der Waals surface area contributed by atoms with Crippen LogP contribution in [0.1, 0.15) is 52.5 Å². The number of nitrogens with one attached hydrogen (secondary N) is 2. The summed E-state index contributed by atoms with van der Waals surface area (Å²) >= 11 is 3.50. The first-order valence-corrected chi connectivity index (χ1v) is 12.0. The topological polar surface area (TPSA) is 70.7 Å². The van der Waals surface area contributed by atoms with Crippen LogP contribution in [0.4, 0.5) is 4.79 Å². The molecule has 2 amide bonds. The highest BCUT2D eigenvalue weighted by Crippen LogP contribution is 2.28. The van der Waals surface area contributed by atoms with Crippen molar-refractivity contribution in [2.75, 3.05) is 13.7 Å². The lowest BCUT2D eigenvalue weighted by Crippen LogP contribution is -2.53. The maximum atomic E-state index is 13.3. The van der Waals surface area contributed by atoms with E-state index in [2.05, 4.69) is 59.1 Å². The summed E-state index contributed by atoms with van der Waals surface area (Å²) in [4.78, 5) is 26.8. The molecule has 3 atom stereocenters. The lowest BCUT2D eigenvalue weighted by atomic mass is 9.92. The molecule has 3 unspecified atom stereocenters. The number of rotatable bonds is 9. The van der Waals surface area contributed by atoms with Crippen LogP contribution >= 0.6 is 15.9 Å². The van der Waals surface area contributed by atoms with Gasteiger partial charge in [-0.15, -0.1) is 0 Å². The van der Waals surface area contributed by atoms with Gasteiger partial charge in [-0.1, -0.05) is 62.3 Å². The van der Waals surface area contributed by atoms with E-state index >= 15 is 0 Å². The maximum absolute atomic E-state index is 13.3. The number of allylic oxidation sites excluding steroid dienone is 1. The van der Waals surface area contributed by atoms with Gasteiger partial charge in [0.05, 0.1) is 13.2 Å². The third-order valence-corrected chi connectivity index (χ3v) is 6.59. The van der Waals surface area contributed by atoms with E-state index in [0.29, 0.717) is 12.5 Å². The molecule has 2 N–H and O–H groups in total. The highest BCUT2D eigenvalue weighted by Gasteiger charge is 2.36. The molecule has 0 aliphatic carbocycles. The van der Waals surface area contributed by atoms with E-state index in [9.17, 15) is 9.59 Å². The number of carbonyl (C=O) groups is 2. The first-order chi connectivity index (χ1) is 15.2. The summed E-state index contributed by atoms with van der Waals surface area (Å²) in [5.41, 5.74) is 3.14. The number of amides is 2. The second-order valence-corrected chi connectivity index (χ2v) is 9.55. The smallest absolute Gasteiger partial charge is 0.407 e. The standard InChI is InChI=1S/C25H36BrN3O3/c1-7-17(4)21(19-10-12-20(26)13-11-19)15-27-18(5)22-9-8-14-29(22)24(30)23(16(2)3)28-25(31)32-6/h10-13,15-17,22-23,27H,5,7-9,14H2,1-4,6H3,(H,28,31)/b21-15+. The Balaban J connectivity index is 2.18. The molecule has 2 rings (SSSR count). The summed E-state index contributed by atoms with van der Waals surface area (Å²) in [6, 6.07) is 7.52. The fraction of sp³-hybridized carbons (Fsp3) is 0.520. The normalized spacial score (nSPS) is 18.3. The predicted octanol–water partition coefficient (Wildman–Crippen LogP) is 5.31. The number of methoxy groups -OCH3 is 1. The van der Waals surface area contributed by atoms with E-state index < -0.39 is 12.1 Å². The third-order valence-electron chi connectivity index (χ3n) is 6.06. The van der Waals surface area contributed by atoms with Gasteiger partial charge in [-0.3, -0.25) is 4.79 Å². The Hall–Kier alpha value is -2.28. The Morgan fingerprint density at radius 1 is 1.28 bits per heavy atom. The Labute approximate surface area is 200 Å². The number of hydrogen-bond donors (Lipinski definition) is 2. The zero-order valence-corrected chi connectivity index (χ0v) is 21.4. The van der Waals surface area contributed by atoms with Crippen LogP contribution in [0, 0.1) is 11.8 Å².